The Morgan fingerprint density at radius 2 is 1.39 bits per heavy atom. The number of hydrogen-bond acceptors (Lipinski definition) is 0. The van der Waals surface area contributed by atoms with Crippen molar-refractivity contribution in [1.29, 1.82) is 0 Å². The summed E-state index contributed by atoms with van der Waals surface area (Å²) in [6.07, 6.45) is 4.41. The molecule has 0 saturated heterocycles. The smallest absolute Gasteiger partial charge is 0.00384 e. The molecule has 0 radical (unpaired) electrons. The first-order chi connectivity index (χ1) is 8.92. The Kier molecular flexibility index (Phi) is 1.92. The molecule has 18 heavy (non-hydrogen) atoms. The van der Waals surface area contributed by atoms with Gasteiger partial charge in [-0.2, -0.15) is 0 Å². The highest BCUT2D eigenvalue weighted by Gasteiger charge is 2.10. The van der Waals surface area contributed by atoms with Gasteiger partial charge in [0.1, 0.15) is 0 Å². The van der Waals surface area contributed by atoms with Gasteiger partial charge >= 0.3 is 0 Å². The fraction of sp³-hybridized carbons (Fsp3) is 0. The van der Waals surface area contributed by atoms with E-state index in [1.807, 2.05) is 0 Å². The van der Waals surface area contributed by atoms with Crippen LogP contribution in [-0.2, 0) is 0 Å². The van der Waals surface area contributed by atoms with Gasteiger partial charge in [0.25, 0.3) is 0 Å². The molecule has 0 aromatic heterocycles. The van der Waals surface area contributed by atoms with Crippen molar-refractivity contribution in [2.45, 2.75) is 0 Å². The third-order valence-corrected chi connectivity index (χ3v) is 3.59. The molecule has 0 amide bonds. The van der Waals surface area contributed by atoms with E-state index < -0.39 is 0 Å². The molecule has 0 unspecified atom stereocenters. The van der Waals surface area contributed by atoms with E-state index in [-0.39, 0.29) is 0 Å². The normalized spacial score (nSPS) is 12.2. The topological polar surface area (TPSA) is 0 Å². The second kappa shape index (κ2) is 3.58. The van der Waals surface area contributed by atoms with E-state index in [0.29, 0.717) is 0 Å². The first-order valence-corrected chi connectivity index (χ1v) is 6.22. The Labute approximate surface area is 106 Å². The van der Waals surface area contributed by atoms with Crippen LogP contribution in [0.3, 0.4) is 0 Å². The fourth-order valence-electron chi connectivity index (χ4n) is 2.74. The molecule has 1 aliphatic rings. The second-order valence-electron chi connectivity index (χ2n) is 4.71. The monoisotopic (exact) mass is 228 g/mol. The molecule has 4 rings (SSSR count). The molecule has 0 heteroatoms. The van der Waals surface area contributed by atoms with Gasteiger partial charge in [0, 0.05) is 0 Å². The summed E-state index contributed by atoms with van der Waals surface area (Å²) in [5.74, 6) is 0. The Hall–Kier alpha value is -2.34. The number of benzene rings is 3. The molecule has 1 aliphatic carbocycles. The zero-order chi connectivity index (χ0) is 11.9. The molecule has 0 nitrogen and oxygen atoms in total. The van der Waals surface area contributed by atoms with Crippen molar-refractivity contribution in [3.8, 4) is 11.1 Å². The fourth-order valence-corrected chi connectivity index (χ4v) is 2.74. The average molecular weight is 228 g/mol. The molecule has 0 aliphatic heterocycles. The van der Waals surface area contributed by atoms with E-state index >= 15 is 0 Å². The Bertz CT molecular complexity index is 765. The maximum atomic E-state index is 2.28. The Balaban J connectivity index is 2.04. The van der Waals surface area contributed by atoms with Gasteiger partial charge in [-0.05, 0) is 45.2 Å². The first kappa shape index (κ1) is 9.67. The standard InChI is InChI=1S/C18H12/c1-2-5-13(6-3-1)17-11-15-8-4-7-14-9-10-16(12-17)18(14)15/h1-12H. The molecule has 0 bridgehead atoms. The van der Waals surface area contributed by atoms with Crippen molar-refractivity contribution < 1.29 is 0 Å². The molecule has 0 fully saturated rings. The van der Waals surface area contributed by atoms with Crippen LogP contribution < -0.4 is 0 Å². The summed E-state index contributed by atoms with van der Waals surface area (Å²) in [6.45, 7) is 0. The van der Waals surface area contributed by atoms with E-state index in [0.717, 1.165) is 0 Å². The predicted octanol–water partition coefficient (Wildman–Crippen LogP) is 4.99. The van der Waals surface area contributed by atoms with E-state index in [1.54, 1.807) is 0 Å². The van der Waals surface area contributed by atoms with Crippen LogP contribution in [0.25, 0.3) is 34.1 Å². The molecular formula is C18H12. The second-order valence-corrected chi connectivity index (χ2v) is 4.71. The van der Waals surface area contributed by atoms with E-state index in [9.17, 15) is 0 Å². The summed E-state index contributed by atoms with van der Waals surface area (Å²) < 4.78 is 0. The maximum absolute atomic E-state index is 2.28. The molecule has 84 valence electrons. The van der Waals surface area contributed by atoms with Crippen molar-refractivity contribution in [1.82, 2.24) is 0 Å². The van der Waals surface area contributed by atoms with Gasteiger partial charge < -0.3 is 0 Å². The van der Waals surface area contributed by atoms with Gasteiger partial charge in [0.2, 0.25) is 0 Å². The van der Waals surface area contributed by atoms with Crippen LogP contribution in [0.2, 0.25) is 0 Å². The lowest BCUT2D eigenvalue weighted by Crippen LogP contribution is -1.82. The largest absolute Gasteiger partial charge is 0.0622 e. The zero-order valence-electron chi connectivity index (χ0n) is 9.93. The molecule has 3 aromatic carbocycles. The predicted molar refractivity (Wildman–Crippen MR) is 78.3 cm³/mol. The summed E-state index contributed by atoms with van der Waals surface area (Å²) in [5.41, 5.74) is 5.24. The van der Waals surface area contributed by atoms with Crippen LogP contribution in [0.4, 0.5) is 0 Å². The van der Waals surface area contributed by atoms with Crippen molar-refractivity contribution in [2.75, 3.05) is 0 Å². The van der Waals surface area contributed by atoms with Gasteiger partial charge in [-0.15, -0.1) is 0 Å². The van der Waals surface area contributed by atoms with E-state index in [2.05, 4.69) is 72.8 Å². The summed E-state index contributed by atoms with van der Waals surface area (Å²) in [5, 5.41) is 2.71. The van der Waals surface area contributed by atoms with Gasteiger partial charge in [-0.3, -0.25) is 0 Å². The van der Waals surface area contributed by atoms with Gasteiger partial charge in [0.15, 0.2) is 0 Å². The van der Waals surface area contributed by atoms with Crippen LogP contribution in [0.1, 0.15) is 11.1 Å². The van der Waals surface area contributed by atoms with Crippen molar-refractivity contribution in [3.63, 3.8) is 0 Å². The molecular weight excluding hydrogens is 216 g/mol. The van der Waals surface area contributed by atoms with E-state index in [4.69, 9.17) is 0 Å². The van der Waals surface area contributed by atoms with E-state index in [1.165, 1.54) is 33.0 Å². The molecule has 0 atom stereocenters. The highest BCUT2D eigenvalue weighted by Crippen LogP contribution is 2.35. The summed E-state index contributed by atoms with van der Waals surface area (Å²) >= 11 is 0. The van der Waals surface area contributed by atoms with Gasteiger partial charge in [-0.25, -0.2) is 0 Å². The third kappa shape index (κ3) is 1.32. The summed E-state index contributed by atoms with van der Waals surface area (Å²) in [6, 6.07) is 21.6. The Morgan fingerprint density at radius 1 is 0.556 bits per heavy atom. The van der Waals surface area contributed by atoms with Crippen LogP contribution in [0, 0.1) is 0 Å². The lowest BCUT2D eigenvalue weighted by atomic mass is 9.97. The third-order valence-electron chi connectivity index (χ3n) is 3.59. The molecule has 3 aromatic rings. The van der Waals surface area contributed by atoms with Crippen molar-refractivity contribution in [3.05, 3.63) is 71.8 Å². The molecule has 0 heterocycles. The Morgan fingerprint density at radius 3 is 2.28 bits per heavy atom. The van der Waals surface area contributed by atoms with Gasteiger partial charge in [0.05, 0.1) is 0 Å². The SMILES string of the molecule is C1=Cc2cc(-c3ccccc3)cc3cccc1c23. The minimum Gasteiger partial charge on any atom is -0.0622 e. The van der Waals surface area contributed by atoms with Crippen LogP contribution in [-0.4, -0.2) is 0 Å². The highest BCUT2D eigenvalue weighted by atomic mass is 14.1. The maximum Gasteiger partial charge on any atom is -0.00384 e. The number of rotatable bonds is 1. The highest BCUT2D eigenvalue weighted by molar-refractivity contribution is 6.06. The van der Waals surface area contributed by atoms with Crippen LogP contribution in [0.5, 0.6) is 0 Å². The quantitative estimate of drug-likeness (QED) is 0.430. The molecule has 0 saturated carbocycles. The average Bonchev–Trinajstić information content (AvgIpc) is 2.85. The minimum atomic E-state index is 1.28. The molecule has 0 N–H and O–H groups in total. The lowest BCUT2D eigenvalue weighted by molar-refractivity contribution is 1.63. The minimum absolute atomic E-state index is 1.28. The summed E-state index contributed by atoms with van der Waals surface area (Å²) in [4.78, 5) is 0. The number of hydrogen-bond donors (Lipinski definition) is 0. The first-order valence-electron chi connectivity index (χ1n) is 6.22. The zero-order valence-corrected chi connectivity index (χ0v) is 9.93. The lowest BCUT2D eigenvalue weighted by Gasteiger charge is -2.07. The molecule has 0 spiro atoms. The summed E-state index contributed by atoms with van der Waals surface area (Å²) in [7, 11) is 0. The van der Waals surface area contributed by atoms with Crippen molar-refractivity contribution >= 4 is 22.9 Å². The van der Waals surface area contributed by atoms with Gasteiger partial charge in [-0.1, -0.05) is 60.7 Å². The van der Waals surface area contributed by atoms with Crippen LogP contribution in [0.15, 0.2) is 60.7 Å². The van der Waals surface area contributed by atoms with Crippen LogP contribution >= 0.6 is 0 Å². The van der Waals surface area contributed by atoms with Crippen molar-refractivity contribution in [2.24, 2.45) is 0 Å².